The van der Waals surface area contributed by atoms with E-state index in [1.807, 2.05) is 12.3 Å². The summed E-state index contributed by atoms with van der Waals surface area (Å²) in [5.41, 5.74) is 1.36. The van der Waals surface area contributed by atoms with Gasteiger partial charge in [0.15, 0.2) is 0 Å². The van der Waals surface area contributed by atoms with Gasteiger partial charge in [-0.25, -0.2) is 4.98 Å². The van der Waals surface area contributed by atoms with E-state index in [1.165, 1.54) is 15.4 Å². The van der Waals surface area contributed by atoms with Crippen LogP contribution in [-0.4, -0.2) is 32.2 Å². The van der Waals surface area contributed by atoms with Crippen LogP contribution >= 0.6 is 0 Å². The third kappa shape index (κ3) is 4.47. The van der Waals surface area contributed by atoms with Gasteiger partial charge in [0.1, 0.15) is 19.6 Å². The van der Waals surface area contributed by atoms with Crippen LogP contribution in [0.5, 0.6) is 0 Å². The number of rotatable bonds is 6. The Morgan fingerprint density at radius 3 is 2.26 bits per heavy atom. The van der Waals surface area contributed by atoms with E-state index in [1.54, 1.807) is 0 Å². The second kappa shape index (κ2) is 7.02. The minimum Gasteiger partial charge on any atom is -0.335 e. The SMILES string of the molecule is C[NH+](C)CC[NH+](Cc1ccccc1)c1ccccn1. The van der Waals surface area contributed by atoms with E-state index in [0.29, 0.717) is 0 Å². The second-order valence-corrected chi connectivity index (χ2v) is 5.19. The Bertz CT molecular complexity index is 468. The first-order chi connectivity index (χ1) is 9.25. The van der Waals surface area contributed by atoms with Crippen LogP contribution in [0.25, 0.3) is 0 Å². The summed E-state index contributed by atoms with van der Waals surface area (Å²) < 4.78 is 0. The number of aromatic nitrogens is 1. The normalized spacial score (nSPS) is 12.6. The maximum Gasteiger partial charge on any atom is 0.226 e. The lowest BCUT2D eigenvalue weighted by Gasteiger charge is -2.18. The molecule has 0 aliphatic carbocycles. The van der Waals surface area contributed by atoms with Gasteiger partial charge in [0.05, 0.1) is 14.1 Å². The van der Waals surface area contributed by atoms with E-state index in [4.69, 9.17) is 0 Å². The summed E-state index contributed by atoms with van der Waals surface area (Å²) in [7, 11) is 4.39. The average Bonchev–Trinajstić information content (AvgIpc) is 2.45. The number of nitrogens with zero attached hydrogens (tertiary/aromatic N) is 1. The zero-order valence-electron chi connectivity index (χ0n) is 11.8. The molecule has 1 unspecified atom stereocenters. The molecule has 0 bridgehead atoms. The van der Waals surface area contributed by atoms with Crippen molar-refractivity contribution in [2.45, 2.75) is 6.54 Å². The predicted molar refractivity (Wildman–Crippen MR) is 77.6 cm³/mol. The van der Waals surface area contributed by atoms with Gasteiger partial charge in [0, 0.05) is 17.8 Å². The maximum absolute atomic E-state index is 4.51. The molecule has 2 rings (SSSR count). The molecular weight excluding hydrogens is 234 g/mol. The van der Waals surface area contributed by atoms with E-state index in [-0.39, 0.29) is 0 Å². The Morgan fingerprint density at radius 2 is 1.63 bits per heavy atom. The molecule has 3 heteroatoms. The highest BCUT2D eigenvalue weighted by molar-refractivity contribution is 5.18. The van der Waals surface area contributed by atoms with Crippen molar-refractivity contribution in [3.8, 4) is 0 Å². The molecule has 0 fully saturated rings. The van der Waals surface area contributed by atoms with Crippen molar-refractivity contribution in [1.29, 1.82) is 0 Å². The van der Waals surface area contributed by atoms with Gasteiger partial charge in [-0.05, 0) is 6.07 Å². The van der Waals surface area contributed by atoms with Crippen LogP contribution in [0.3, 0.4) is 0 Å². The van der Waals surface area contributed by atoms with Crippen LogP contribution < -0.4 is 9.80 Å². The van der Waals surface area contributed by atoms with Gasteiger partial charge in [-0.3, -0.25) is 4.90 Å². The molecule has 1 aromatic carbocycles. The summed E-state index contributed by atoms with van der Waals surface area (Å²) in [6.07, 6.45) is 1.88. The quantitative estimate of drug-likeness (QED) is 0.744. The minimum atomic E-state index is 0.991. The smallest absolute Gasteiger partial charge is 0.226 e. The van der Waals surface area contributed by atoms with Crippen LogP contribution in [0.4, 0.5) is 5.82 Å². The summed E-state index contributed by atoms with van der Waals surface area (Å²) in [4.78, 5) is 7.40. The van der Waals surface area contributed by atoms with Gasteiger partial charge >= 0.3 is 0 Å². The Balaban J connectivity index is 2.10. The second-order valence-electron chi connectivity index (χ2n) is 5.19. The summed E-state index contributed by atoms with van der Waals surface area (Å²) in [5, 5.41) is 0. The lowest BCUT2D eigenvalue weighted by atomic mass is 10.2. The largest absolute Gasteiger partial charge is 0.335 e. The molecule has 3 nitrogen and oxygen atoms in total. The molecule has 0 aliphatic heterocycles. The fourth-order valence-electron chi connectivity index (χ4n) is 2.12. The van der Waals surface area contributed by atoms with Crippen LogP contribution in [0, 0.1) is 0 Å². The molecule has 1 heterocycles. The highest BCUT2D eigenvalue weighted by Gasteiger charge is 2.15. The van der Waals surface area contributed by atoms with Crippen molar-refractivity contribution in [2.75, 3.05) is 27.2 Å². The predicted octanol–water partition coefficient (Wildman–Crippen LogP) is -0.0573. The first kappa shape index (κ1) is 13.7. The number of pyridine rings is 1. The number of benzene rings is 1. The number of likely N-dealkylation sites (N-methyl/N-ethyl adjacent to an activating group) is 1. The van der Waals surface area contributed by atoms with Crippen molar-refractivity contribution >= 4 is 5.82 Å². The third-order valence-electron chi connectivity index (χ3n) is 3.21. The molecule has 0 aliphatic rings. The standard InChI is InChI=1S/C16H21N3/c1-18(2)12-13-19(16-10-6-7-11-17-16)14-15-8-4-3-5-9-15/h3-11H,12-14H2,1-2H3/p+2. The summed E-state index contributed by atoms with van der Waals surface area (Å²) in [5.74, 6) is 1.13. The van der Waals surface area contributed by atoms with Gasteiger partial charge in [0.25, 0.3) is 0 Å². The molecule has 1 atom stereocenters. The Kier molecular flexibility index (Phi) is 5.07. The molecule has 0 radical (unpaired) electrons. The van der Waals surface area contributed by atoms with Crippen molar-refractivity contribution in [1.82, 2.24) is 4.98 Å². The van der Waals surface area contributed by atoms with Gasteiger partial charge < -0.3 is 4.90 Å². The lowest BCUT2D eigenvalue weighted by Crippen LogP contribution is -3.15. The molecule has 1 aromatic heterocycles. The Morgan fingerprint density at radius 1 is 0.895 bits per heavy atom. The fraction of sp³-hybridized carbons (Fsp3) is 0.312. The van der Waals surface area contributed by atoms with Gasteiger partial charge in [-0.2, -0.15) is 0 Å². The van der Waals surface area contributed by atoms with Crippen LogP contribution in [-0.2, 0) is 6.54 Å². The van der Waals surface area contributed by atoms with E-state index >= 15 is 0 Å². The number of hydrogen-bond donors (Lipinski definition) is 2. The molecule has 19 heavy (non-hydrogen) atoms. The van der Waals surface area contributed by atoms with Gasteiger partial charge in [-0.15, -0.1) is 0 Å². The zero-order chi connectivity index (χ0) is 13.5. The third-order valence-corrected chi connectivity index (χ3v) is 3.21. The van der Waals surface area contributed by atoms with Crippen LogP contribution in [0.1, 0.15) is 5.56 Å². The minimum absolute atomic E-state index is 0.991. The highest BCUT2D eigenvalue weighted by atomic mass is 15.2. The summed E-state index contributed by atoms with van der Waals surface area (Å²) in [6, 6.07) is 16.8. The molecule has 0 spiro atoms. The molecule has 0 amide bonds. The van der Waals surface area contributed by atoms with E-state index in [0.717, 1.165) is 25.5 Å². The number of quaternary nitrogens is 2. The molecule has 0 saturated heterocycles. The maximum atomic E-state index is 4.51. The fourth-order valence-corrected chi connectivity index (χ4v) is 2.12. The van der Waals surface area contributed by atoms with Gasteiger partial charge in [0.2, 0.25) is 5.82 Å². The first-order valence-electron chi connectivity index (χ1n) is 6.85. The summed E-state index contributed by atoms with van der Waals surface area (Å²) in [6.45, 7) is 3.22. The summed E-state index contributed by atoms with van der Waals surface area (Å²) >= 11 is 0. The molecular formula is C16H23N3+2. The topological polar surface area (TPSA) is 21.8 Å². The molecule has 2 aromatic rings. The van der Waals surface area contributed by atoms with Crippen molar-refractivity contribution in [3.05, 3.63) is 60.3 Å². The van der Waals surface area contributed by atoms with Crippen molar-refractivity contribution in [3.63, 3.8) is 0 Å². The number of nitrogens with one attached hydrogen (secondary N) is 2. The van der Waals surface area contributed by atoms with Crippen LogP contribution in [0.2, 0.25) is 0 Å². The van der Waals surface area contributed by atoms with Crippen LogP contribution in [0.15, 0.2) is 54.7 Å². The Hall–Kier alpha value is -1.71. The van der Waals surface area contributed by atoms with E-state index in [2.05, 4.69) is 61.5 Å². The average molecular weight is 257 g/mol. The Labute approximate surface area is 115 Å². The zero-order valence-corrected chi connectivity index (χ0v) is 11.8. The molecule has 100 valence electrons. The highest BCUT2D eigenvalue weighted by Crippen LogP contribution is 1.99. The lowest BCUT2D eigenvalue weighted by molar-refractivity contribution is -0.914. The van der Waals surface area contributed by atoms with Crippen molar-refractivity contribution in [2.24, 2.45) is 0 Å². The van der Waals surface area contributed by atoms with Gasteiger partial charge in [-0.1, -0.05) is 36.4 Å². The molecule has 0 saturated carbocycles. The monoisotopic (exact) mass is 257 g/mol. The molecule has 2 N–H and O–H groups in total. The van der Waals surface area contributed by atoms with Crippen molar-refractivity contribution < 1.29 is 9.80 Å². The number of hydrogen-bond acceptors (Lipinski definition) is 1. The first-order valence-corrected chi connectivity index (χ1v) is 6.85. The van der Waals surface area contributed by atoms with E-state index in [9.17, 15) is 0 Å². The van der Waals surface area contributed by atoms with E-state index < -0.39 is 0 Å².